The summed E-state index contributed by atoms with van der Waals surface area (Å²) in [5.41, 5.74) is 8.27. The van der Waals surface area contributed by atoms with Crippen LogP contribution in [-0.4, -0.2) is 19.0 Å². The van der Waals surface area contributed by atoms with Crippen molar-refractivity contribution in [2.75, 3.05) is 7.11 Å². The van der Waals surface area contributed by atoms with Gasteiger partial charge in [0.1, 0.15) is 0 Å². The molecule has 0 aromatic heterocycles. The van der Waals surface area contributed by atoms with E-state index in [9.17, 15) is 9.59 Å². The lowest BCUT2D eigenvalue weighted by atomic mass is 9.94. The minimum absolute atomic E-state index is 0.272. The molecular weight excluding hydrogens is 254 g/mol. The van der Waals surface area contributed by atoms with Crippen LogP contribution in [0.1, 0.15) is 36.7 Å². The molecule has 0 fully saturated rings. The Kier molecular flexibility index (Phi) is 5.50. The van der Waals surface area contributed by atoms with Crippen molar-refractivity contribution in [1.29, 1.82) is 0 Å². The van der Waals surface area contributed by atoms with Crippen molar-refractivity contribution in [2.45, 2.75) is 27.2 Å². The smallest absolute Gasteiger partial charge is 0.334 e. The van der Waals surface area contributed by atoms with Crippen LogP contribution in [0, 0.1) is 5.92 Å². The Morgan fingerprint density at radius 1 is 1.20 bits per heavy atom. The molecular formula is C16H21NO3. The van der Waals surface area contributed by atoms with Gasteiger partial charge in [-0.05, 0) is 30.5 Å². The van der Waals surface area contributed by atoms with Gasteiger partial charge in [-0.3, -0.25) is 4.79 Å². The lowest BCUT2D eigenvalue weighted by Crippen LogP contribution is -2.13. The van der Waals surface area contributed by atoms with E-state index in [1.54, 1.807) is 24.3 Å². The normalized spacial score (nSPS) is 12.1. The molecule has 20 heavy (non-hydrogen) atoms. The van der Waals surface area contributed by atoms with Crippen LogP contribution in [0.2, 0.25) is 0 Å². The number of esters is 1. The summed E-state index contributed by atoms with van der Waals surface area (Å²) in [6.45, 7) is 6.01. The number of ether oxygens (including phenoxy) is 1. The van der Waals surface area contributed by atoms with Crippen LogP contribution in [0.4, 0.5) is 0 Å². The zero-order chi connectivity index (χ0) is 15.3. The van der Waals surface area contributed by atoms with E-state index in [-0.39, 0.29) is 11.9 Å². The fraction of sp³-hybridized carbons (Fsp3) is 0.375. The van der Waals surface area contributed by atoms with Crippen LogP contribution in [-0.2, 0) is 16.0 Å². The second-order valence-electron chi connectivity index (χ2n) is 5.05. The molecule has 4 heteroatoms. The summed E-state index contributed by atoms with van der Waals surface area (Å²) in [6, 6.07) is 6.93. The summed E-state index contributed by atoms with van der Waals surface area (Å²) < 4.78 is 4.85. The molecule has 0 atom stereocenters. The number of primary amides is 1. The van der Waals surface area contributed by atoms with Gasteiger partial charge in [0.25, 0.3) is 0 Å². The van der Waals surface area contributed by atoms with E-state index >= 15 is 0 Å². The van der Waals surface area contributed by atoms with Gasteiger partial charge in [-0.15, -0.1) is 0 Å². The highest BCUT2D eigenvalue weighted by atomic mass is 16.5. The van der Waals surface area contributed by atoms with Crippen molar-refractivity contribution in [3.05, 3.63) is 46.5 Å². The monoisotopic (exact) mass is 275 g/mol. The lowest BCUT2D eigenvalue weighted by molar-refractivity contribution is -0.136. The molecule has 0 unspecified atom stereocenters. The summed E-state index contributed by atoms with van der Waals surface area (Å²) in [4.78, 5) is 22.9. The third kappa shape index (κ3) is 3.95. The zero-order valence-corrected chi connectivity index (χ0v) is 12.4. The Balaban J connectivity index is 3.05. The van der Waals surface area contributed by atoms with Crippen LogP contribution < -0.4 is 5.73 Å². The maximum Gasteiger partial charge on any atom is 0.334 e. The van der Waals surface area contributed by atoms with E-state index in [2.05, 4.69) is 0 Å². The largest absolute Gasteiger partial charge is 0.466 e. The zero-order valence-electron chi connectivity index (χ0n) is 12.4. The first kappa shape index (κ1) is 16.0. The van der Waals surface area contributed by atoms with E-state index in [0.29, 0.717) is 17.6 Å². The Morgan fingerprint density at radius 3 is 2.15 bits per heavy atom. The average Bonchev–Trinajstić information content (AvgIpc) is 2.43. The fourth-order valence-electron chi connectivity index (χ4n) is 1.84. The molecule has 1 amide bonds. The number of hydrogen-bond acceptors (Lipinski definition) is 3. The quantitative estimate of drug-likeness (QED) is 0.663. The summed E-state index contributed by atoms with van der Waals surface area (Å²) in [5, 5.41) is 0. The predicted molar refractivity (Wildman–Crippen MR) is 78.2 cm³/mol. The molecule has 0 radical (unpaired) electrons. The van der Waals surface area contributed by atoms with Crippen LogP contribution in [0.25, 0.3) is 0 Å². The average molecular weight is 275 g/mol. The molecule has 0 heterocycles. The van der Waals surface area contributed by atoms with Gasteiger partial charge in [-0.25, -0.2) is 4.79 Å². The molecule has 0 bridgehead atoms. The number of methoxy groups -OCH3 is 1. The van der Waals surface area contributed by atoms with E-state index in [1.165, 1.54) is 7.11 Å². The van der Waals surface area contributed by atoms with Gasteiger partial charge in [-0.1, -0.05) is 31.6 Å². The van der Waals surface area contributed by atoms with Gasteiger partial charge in [0.15, 0.2) is 0 Å². The summed E-state index contributed by atoms with van der Waals surface area (Å²) in [6.07, 6.45) is 0.482. The second-order valence-corrected chi connectivity index (χ2v) is 5.05. The first-order valence-electron chi connectivity index (χ1n) is 6.53. The first-order valence-corrected chi connectivity index (χ1v) is 6.53. The fourth-order valence-corrected chi connectivity index (χ4v) is 1.84. The second kappa shape index (κ2) is 6.89. The number of rotatable bonds is 5. The number of amides is 1. The molecule has 2 N–H and O–H groups in total. The van der Waals surface area contributed by atoms with Crippen molar-refractivity contribution in [2.24, 2.45) is 11.7 Å². The van der Waals surface area contributed by atoms with Crippen molar-refractivity contribution >= 4 is 11.9 Å². The predicted octanol–water partition coefficient (Wildman–Crippen LogP) is 2.47. The van der Waals surface area contributed by atoms with Crippen LogP contribution in [0.3, 0.4) is 0 Å². The van der Waals surface area contributed by atoms with Gasteiger partial charge in [0.2, 0.25) is 5.91 Å². The van der Waals surface area contributed by atoms with Crippen LogP contribution in [0.15, 0.2) is 35.4 Å². The Morgan fingerprint density at radius 2 is 1.75 bits per heavy atom. The molecule has 108 valence electrons. The molecule has 4 nitrogen and oxygen atoms in total. The SMILES string of the molecule is COC(=O)C(Cc1ccc(C(N)=O)cc1)=C(C)C(C)C. The van der Waals surface area contributed by atoms with E-state index < -0.39 is 5.91 Å². The topological polar surface area (TPSA) is 69.4 Å². The number of nitrogens with two attached hydrogens (primary N) is 1. The Labute approximate surface area is 119 Å². The molecule has 1 aromatic rings. The minimum Gasteiger partial charge on any atom is -0.466 e. The van der Waals surface area contributed by atoms with Crippen molar-refractivity contribution < 1.29 is 14.3 Å². The highest BCUT2D eigenvalue weighted by Gasteiger charge is 2.16. The van der Waals surface area contributed by atoms with Gasteiger partial charge >= 0.3 is 5.97 Å². The number of carbonyl (C=O) groups excluding carboxylic acids is 2. The third-order valence-electron chi connectivity index (χ3n) is 3.39. The van der Waals surface area contributed by atoms with Crippen LogP contribution in [0.5, 0.6) is 0 Å². The highest BCUT2D eigenvalue weighted by Crippen LogP contribution is 2.20. The highest BCUT2D eigenvalue weighted by molar-refractivity contribution is 5.93. The first-order chi connectivity index (χ1) is 9.36. The molecule has 0 aliphatic carbocycles. The number of carbonyl (C=O) groups is 2. The minimum atomic E-state index is -0.460. The number of hydrogen-bond donors (Lipinski definition) is 1. The summed E-state index contributed by atoms with van der Waals surface area (Å²) >= 11 is 0. The molecule has 0 spiro atoms. The van der Waals surface area contributed by atoms with Gasteiger partial charge in [-0.2, -0.15) is 0 Å². The van der Waals surface area contributed by atoms with E-state index in [0.717, 1.165) is 11.1 Å². The Bertz CT molecular complexity index is 527. The summed E-state index contributed by atoms with van der Waals surface area (Å²) in [7, 11) is 1.38. The molecule has 0 aliphatic rings. The van der Waals surface area contributed by atoms with Gasteiger partial charge < -0.3 is 10.5 Å². The van der Waals surface area contributed by atoms with Gasteiger partial charge in [0.05, 0.1) is 7.11 Å². The van der Waals surface area contributed by atoms with Gasteiger partial charge in [0, 0.05) is 17.6 Å². The van der Waals surface area contributed by atoms with Crippen molar-refractivity contribution in [3.8, 4) is 0 Å². The summed E-state index contributed by atoms with van der Waals surface area (Å²) in [5.74, 6) is -0.497. The molecule has 1 aromatic carbocycles. The van der Waals surface area contributed by atoms with E-state index in [4.69, 9.17) is 10.5 Å². The third-order valence-corrected chi connectivity index (χ3v) is 3.39. The van der Waals surface area contributed by atoms with E-state index in [1.807, 2.05) is 20.8 Å². The molecule has 1 rings (SSSR count). The molecule has 0 saturated carbocycles. The standard InChI is InChI=1S/C16H21NO3/c1-10(2)11(3)14(16(19)20-4)9-12-5-7-13(8-6-12)15(17)18/h5-8,10H,9H2,1-4H3,(H2,17,18). The van der Waals surface area contributed by atoms with Crippen molar-refractivity contribution in [3.63, 3.8) is 0 Å². The lowest BCUT2D eigenvalue weighted by Gasteiger charge is -2.13. The van der Waals surface area contributed by atoms with Crippen LogP contribution >= 0.6 is 0 Å². The maximum atomic E-state index is 11.9. The molecule has 0 aliphatic heterocycles. The number of benzene rings is 1. The molecule has 0 saturated heterocycles. The number of allylic oxidation sites excluding steroid dienone is 1. The Hall–Kier alpha value is -2.10. The van der Waals surface area contributed by atoms with Crippen molar-refractivity contribution in [1.82, 2.24) is 0 Å². The maximum absolute atomic E-state index is 11.9.